The lowest BCUT2D eigenvalue weighted by Gasteiger charge is -2.26. The Morgan fingerprint density at radius 1 is 1.27 bits per heavy atom. The van der Waals surface area contributed by atoms with Crippen molar-refractivity contribution in [3.05, 3.63) is 46.9 Å². The number of benzene rings is 1. The zero-order valence-corrected chi connectivity index (χ0v) is 15.7. The number of rotatable bonds is 5. The molecule has 2 N–H and O–H groups in total. The first-order valence-electron chi connectivity index (χ1n) is 8.15. The molecule has 3 rings (SSSR count). The average Bonchev–Trinajstić information content (AvgIpc) is 2.91. The van der Waals surface area contributed by atoms with Gasteiger partial charge < -0.3 is 15.0 Å². The SMILES string of the molecule is CC(Nc1ncc2nc(C(=O)c3ccc(Cl)cc3)n(C)c2n1)C(C)(C)O. The quantitative estimate of drug-likeness (QED) is 0.668. The average molecular weight is 374 g/mol. The Labute approximate surface area is 156 Å². The van der Waals surface area contributed by atoms with Crippen molar-refractivity contribution in [2.24, 2.45) is 7.05 Å². The summed E-state index contributed by atoms with van der Waals surface area (Å²) in [6.07, 6.45) is 1.56. The predicted molar refractivity (Wildman–Crippen MR) is 101 cm³/mol. The molecule has 3 aromatic rings. The third-order valence-corrected chi connectivity index (χ3v) is 4.58. The van der Waals surface area contributed by atoms with Gasteiger partial charge >= 0.3 is 0 Å². The summed E-state index contributed by atoms with van der Waals surface area (Å²) in [5.74, 6) is 0.409. The van der Waals surface area contributed by atoms with E-state index in [0.29, 0.717) is 27.7 Å². The van der Waals surface area contributed by atoms with Gasteiger partial charge in [0.1, 0.15) is 5.52 Å². The van der Waals surface area contributed by atoms with Crippen LogP contribution in [0.15, 0.2) is 30.5 Å². The maximum atomic E-state index is 12.7. The molecule has 0 aliphatic heterocycles. The van der Waals surface area contributed by atoms with E-state index < -0.39 is 5.60 Å². The molecule has 1 atom stereocenters. The van der Waals surface area contributed by atoms with Crippen LogP contribution in [0.25, 0.3) is 11.2 Å². The predicted octanol–water partition coefficient (Wildman–Crippen LogP) is 2.82. The van der Waals surface area contributed by atoms with Crippen LogP contribution in [0.5, 0.6) is 0 Å². The molecule has 2 heterocycles. The number of aromatic nitrogens is 4. The van der Waals surface area contributed by atoms with Crippen LogP contribution in [-0.2, 0) is 7.05 Å². The molecule has 0 saturated heterocycles. The third kappa shape index (κ3) is 3.54. The van der Waals surface area contributed by atoms with Gasteiger partial charge in [-0.2, -0.15) is 4.98 Å². The number of nitrogens with one attached hydrogen (secondary N) is 1. The summed E-state index contributed by atoms with van der Waals surface area (Å²) >= 11 is 5.87. The molecule has 8 heteroatoms. The van der Waals surface area contributed by atoms with E-state index in [1.165, 1.54) is 0 Å². The van der Waals surface area contributed by atoms with Crippen molar-refractivity contribution in [1.82, 2.24) is 19.5 Å². The molecule has 0 bridgehead atoms. The monoisotopic (exact) mass is 373 g/mol. The molecule has 136 valence electrons. The summed E-state index contributed by atoms with van der Waals surface area (Å²) < 4.78 is 1.63. The van der Waals surface area contributed by atoms with E-state index in [9.17, 15) is 9.90 Å². The topological polar surface area (TPSA) is 92.9 Å². The Balaban J connectivity index is 1.95. The summed E-state index contributed by atoms with van der Waals surface area (Å²) in [6.45, 7) is 5.25. The van der Waals surface area contributed by atoms with Crippen molar-refractivity contribution < 1.29 is 9.90 Å². The number of nitrogens with zero attached hydrogens (tertiary/aromatic N) is 4. The van der Waals surface area contributed by atoms with Crippen LogP contribution in [0, 0.1) is 0 Å². The van der Waals surface area contributed by atoms with Crippen molar-refractivity contribution in [2.45, 2.75) is 32.4 Å². The number of hydrogen-bond donors (Lipinski definition) is 2. The molecular weight excluding hydrogens is 354 g/mol. The molecule has 0 radical (unpaired) electrons. The van der Waals surface area contributed by atoms with Crippen molar-refractivity contribution in [2.75, 3.05) is 5.32 Å². The Morgan fingerprint density at radius 2 is 1.92 bits per heavy atom. The largest absolute Gasteiger partial charge is 0.388 e. The Kier molecular flexibility index (Phi) is 4.68. The van der Waals surface area contributed by atoms with Crippen LogP contribution < -0.4 is 5.32 Å². The first kappa shape index (κ1) is 18.3. The van der Waals surface area contributed by atoms with Gasteiger partial charge in [0.05, 0.1) is 17.8 Å². The lowest BCUT2D eigenvalue weighted by Crippen LogP contribution is -2.39. The van der Waals surface area contributed by atoms with Gasteiger partial charge in [-0.1, -0.05) is 11.6 Å². The van der Waals surface area contributed by atoms with Crippen LogP contribution in [0.4, 0.5) is 5.95 Å². The van der Waals surface area contributed by atoms with E-state index in [-0.39, 0.29) is 17.6 Å². The third-order valence-electron chi connectivity index (χ3n) is 4.33. The van der Waals surface area contributed by atoms with E-state index in [2.05, 4.69) is 20.3 Å². The van der Waals surface area contributed by atoms with Crippen LogP contribution >= 0.6 is 11.6 Å². The fraction of sp³-hybridized carbons (Fsp3) is 0.333. The number of carbonyl (C=O) groups excluding carboxylic acids is 1. The summed E-state index contributed by atoms with van der Waals surface area (Å²) in [7, 11) is 1.73. The van der Waals surface area contributed by atoms with Crippen molar-refractivity contribution in [1.29, 1.82) is 0 Å². The van der Waals surface area contributed by atoms with Gasteiger partial charge in [0.25, 0.3) is 0 Å². The smallest absolute Gasteiger partial charge is 0.228 e. The lowest BCUT2D eigenvalue weighted by molar-refractivity contribution is 0.0646. The molecule has 0 saturated carbocycles. The Bertz CT molecular complexity index is 960. The van der Waals surface area contributed by atoms with Crippen molar-refractivity contribution in [3.8, 4) is 0 Å². The minimum Gasteiger partial charge on any atom is -0.388 e. The van der Waals surface area contributed by atoms with Gasteiger partial charge in [-0.05, 0) is 45.0 Å². The summed E-state index contributed by atoms with van der Waals surface area (Å²) in [5, 5.41) is 13.7. The second kappa shape index (κ2) is 6.66. The number of halogens is 1. The molecule has 0 aliphatic rings. The normalized spacial score (nSPS) is 13.0. The molecule has 0 spiro atoms. The zero-order valence-electron chi connectivity index (χ0n) is 15.0. The number of hydrogen-bond acceptors (Lipinski definition) is 6. The van der Waals surface area contributed by atoms with Gasteiger partial charge in [-0.3, -0.25) is 4.79 Å². The minimum absolute atomic E-state index is 0.221. The molecule has 2 aromatic heterocycles. The molecular formula is C18H20ClN5O2. The molecule has 0 aliphatic carbocycles. The number of imidazole rings is 1. The maximum Gasteiger partial charge on any atom is 0.228 e. The number of carbonyl (C=O) groups is 1. The molecule has 1 aromatic carbocycles. The Morgan fingerprint density at radius 3 is 2.54 bits per heavy atom. The van der Waals surface area contributed by atoms with E-state index in [1.807, 2.05) is 6.92 Å². The molecule has 0 amide bonds. The van der Waals surface area contributed by atoms with E-state index in [1.54, 1.807) is 55.9 Å². The highest BCUT2D eigenvalue weighted by Gasteiger charge is 2.24. The highest BCUT2D eigenvalue weighted by Crippen LogP contribution is 2.19. The summed E-state index contributed by atoms with van der Waals surface area (Å²) in [4.78, 5) is 25.7. The van der Waals surface area contributed by atoms with Crippen LogP contribution in [0.1, 0.15) is 37.0 Å². The van der Waals surface area contributed by atoms with E-state index in [4.69, 9.17) is 11.6 Å². The fourth-order valence-corrected chi connectivity index (χ4v) is 2.48. The summed E-state index contributed by atoms with van der Waals surface area (Å²) in [6, 6.07) is 6.39. The van der Waals surface area contributed by atoms with Gasteiger partial charge in [-0.15, -0.1) is 0 Å². The van der Waals surface area contributed by atoms with E-state index in [0.717, 1.165) is 0 Å². The van der Waals surface area contributed by atoms with Crippen LogP contribution in [0.2, 0.25) is 5.02 Å². The number of anilines is 1. The summed E-state index contributed by atoms with van der Waals surface area (Å²) in [5.41, 5.74) is 0.615. The van der Waals surface area contributed by atoms with Crippen LogP contribution in [-0.4, -0.2) is 42.1 Å². The molecule has 1 unspecified atom stereocenters. The minimum atomic E-state index is -0.930. The zero-order chi connectivity index (χ0) is 19.1. The number of aryl methyl sites for hydroxylation is 1. The molecule has 0 fully saturated rings. The number of ketones is 1. The van der Waals surface area contributed by atoms with Gasteiger partial charge in [0, 0.05) is 17.6 Å². The first-order chi connectivity index (χ1) is 12.2. The fourth-order valence-electron chi connectivity index (χ4n) is 2.35. The second-order valence-corrected chi connectivity index (χ2v) is 7.19. The Hall–Kier alpha value is -2.51. The highest BCUT2D eigenvalue weighted by molar-refractivity contribution is 6.30. The van der Waals surface area contributed by atoms with Crippen molar-refractivity contribution >= 4 is 34.5 Å². The van der Waals surface area contributed by atoms with Crippen molar-refractivity contribution in [3.63, 3.8) is 0 Å². The standard InChI is InChI=1S/C18H20ClN5O2/c1-10(18(2,3)26)21-17-20-9-13-15(23-17)24(4)16(22-13)14(25)11-5-7-12(19)8-6-11/h5-10,26H,1-4H3,(H,20,21,23). The molecule has 26 heavy (non-hydrogen) atoms. The molecule has 7 nitrogen and oxygen atoms in total. The second-order valence-electron chi connectivity index (χ2n) is 6.75. The highest BCUT2D eigenvalue weighted by atomic mass is 35.5. The van der Waals surface area contributed by atoms with Gasteiger partial charge in [0.2, 0.25) is 11.7 Å². The first-order valence-corrected chi connectivity index (χ1v) is 8.53. The number of aliphatic hydroxyl groups is 1. The lowest BCUT2D eigenvalue weighted by atomic mass is 10.0. The van der Waals surface area contributed by atoms with Gasteiger partial charge in [-0.25, -0.2) is 9.97 Å². The van der Waals surface area contributed by atoms with Crippen LogP contribution in [0.3, 0.4) is 0 Å². The number of fused-ring (bicyclic) bond motifs is 1. The van der Waals surface area contributed by atoms with Gasteiger partial charge in [0.15, 0.2) is 11.5 Å². The maximum absolute atomic E-state index is 12.7. The van der Waals surface area contributed by atoms with E-state index >= 15 is 0 Å².